The van der Waals surface area contributed by atoms with Crippen molar-refractivity contribution in [3.8, 4) is 0 Å². The van der Waals surface area contributed by atoms with Crippen molar-refractivity contribution in [2.75, 3.05) is 12.1 Å². The number of hydrazone groups is 1. The highest BCUT2D eigenvalue weighted by molar-refractivity contribution is 6.05. The molecular formula is C15H13N4O. The van der Waals surface area contributed by atoms with E-state index in [-0.39, 0.29) is 6.03 Å². The van der Waals surface area contributed by atoms with Crippen molar-refractivity contribution in [1.82, 2.24) is 10.4 Å². The monoisotopic (exact) mass is 265 g/mol. The van der Waals surface area contributed by atoms with E-state index < -0.39 is 0 Å². The maximum Gasteiger partial charge on any atom is 0.365 e. The number of anilines is 1. The molecule has 0 spiro atoms. The molecule has 0 aliphatic carbocycles. The molecule has 0 aromatic heterocycles. The molecule has 0 saturated heterocycles. The summed E-state index contributed by atoms with van der Waals surface area (Å²) in [5.74, 6) is 0.511. The van der Waals surface area contributed by atoms with Crippen LogP contribution in [0.1, 0.15) is 5.56 Å². The molecule has 99 valence electrons. The van der Waals surface area contributed by atoms with Crippen LogP contribution in [-0.4, -0.2) is 23.9 Å². The average molecular weight is 265 g/mol. The summed E-state index contributed by atoms with van der Waals surface area (Å²) in [5, 5.41) is 7.00. The zero-order valence-electron chi connectivity index (χ0n) is 11.0. The third-order valence-corrected chi connectivity index (χ3v) is 2.93. The number of rotatable bonds is 2. The topological polar surface area (TPSA) is 50.0 Å². The number of amidine groups is 1. The zero-order chi connectivity index (χ0) is 13.9. The molecule has 2 amide bonds. The Morgan fingerprint density at radius 1 is 0.900 bits per heavy atom. The molecule has 20 heavy (non-hydrogen) atoms. The standard InChI is InChI=1S/C15H13N4O/c1-18-15(20)19(13-10-6-3-7-11-13)17-14(16-18)12-8-4-2-5-9-12/h2-11H,1H3. The van der Waals surface area contributed by atoms with Crippen LogP contribution in [0.5, 0.6) is 0 Å². The first kappa shape index (κ1) is 12.2. The van der Waals surface area contributed by atoms with E-state index in [1.165, 1.54) is 10.0 Å². The lowest BCUT2D eigenvalue weighted by molar-refractivity contribution is 0.202. The van der Waals surface area contributed by atoms with Gasteiger partial charge in [-0.25, -0.2) is 9.80 Å². The minimum atomic E-state index is -0.282. The minimum Gasteiger partial charge on any atom is -0.244 e. The summed E-state index contributed by atoms with van der Waals surface area (Å²) in [6, 6.07) is 18.6. The second-order valence-corrected chi connectivity index (χ2v) is 4.34. The molecule has 0 N–H and O–H groups in total. The summed E-state index contributed by atoms with van der Waals surface area (Å²) in [4.78, 5) is 12.2. The minimum absolute atomic E-state index is 0.282. The molecule has 1 aliphatic heterocycles. The Bertz CT molecular complexity index is 639. The molecular weight excluding hydrogens is 252 g/mol. The summed E-state index contributed by atoms with van der Waals surface area (Å²) in [6.45, 7) is 0. The van der Waals surface area contributed by atoms with Gasteiger partial charge < -0.3 is 0 Å². The third-order valence-electron chi connectivity index (χ3n) is 2.93. The lowest BCUT2D eigenvalue weighted by Gasteiger charge is -2.29. The highest BCUT2D eigenvalue weighted by Crippen LogP contribution is 2.19. The molecule has 5 nitrogen and oxygen atoms in total. The van der Waals surface area contributed by atoms with E-state index in [1.54, 1.807) is 7.05 Å². The Labute approximate surface area is 117 Å². The van der Waals surface area contributed by atoms with Gasteiger partial charge in [-0.1, -0.05) is 48.5 Å². The fourth-order valence-corrected chi connectivity index (χ4v) is 1.92. The molecule has 3 rings (SSSR count). The van der Waals surface area contributed by atoms with E-state index in [4.69, 9.17) is 0 Å². The van der Waals surface area contributed by atoms with E-state index in [0.717, 1.165) is 5.56 Å². The molecule has 5 heteroatoms. The number of carbonyl (C=O) groups is 1. The Morgan fingerprint density at radius 3 is 2.15 bits per heavy atom. The van der Waals surface area contributed by atoms with E-state index >= 15 is 0 Å². The number of amides is 2. The van der Waals surface area contributed by atoms with E-state index in [0.29, 0.717) is 11.5 Å². The summed E-state index contributed by atoms with van der Waals surface area (Å²) < 4.78 is 0. The van der Waals surface area contributed by atoms with Crippen LogP contribution >= 0.6 is 0 Å². The van der Waals surface area contributed by atoms with Gasteiger partial charge in [0.25, 0.3) is 0 Å². The normalized spacial score (nSPS) is 14.8. The summed E-state index contributed by atoms with van der Waals surface area (Å²) in [7, 11) is 1.62. The van der Waals surface area contributed by atoms with Crippen molar-refractivity contribution in [3.63, 3.8) is 0 Å². The van der Waals surface area contributed by atoms with Crippen LogP contribution < -0.4 is 10.4 Å². The number of carbonyl (C=O) groups excluding carboxylic acids is 1. The second-order valence-electron chi connectivity index (χ2n) is 4.34. The number of nitrogens with zero attached hydrogens (tertiary/aromatic N) is 4. The van der Waals surface area contributed by atoms with Gasteiger partial charge in [0.15, 0.2) is 5.84 Å². The lowest BCUT2D eigenvalue weighted by atomic mass is 10.2. The van der Waals surface area contributed by atoms with Crippen LogP contribution in [0, 0.1) is 0 Å². The van der Waals surface area contributed by atoms with Gasteiger partial charge in [0.2, 0.25) is 0 Å². The zero-order valence-corrected chi connectivity index (χ0v) is 11.0. The fraction of sp³-hybridized carbons (Fsp3) is 0.0667. The molecule has 1 heterocycles. The van der Waals surface area contributed by atoms with Crippen LogP contribution in [0.15, 0.2) is 65.8 Å². The van der Waals surface area contributed by atoms with Crippen LogP contribution in [-0.2, 0) is 0 Å². The van der Waals surface area contributed by atoms with Gasteiger partial charge in [-0.05, 0) is 12.1 Å². The van der Waals surface area contributed by atoms with Crippen molar-refractivity contribution in [1.29, 1.82) is 0 Å². The maximum atomic E-state index is 12.2. The second kappa shape index (κ2) is 5.05. The molecule has 1 radical (unpaired) electrons. The Morgan fingerprint density at radius 2 is 1.50 bits per heavy atom. The summed E-state index contributed by atoms with van der Waals surface area (Å²) in [5.41, 5.74) is 5.79. The fourth-order valence-electron chi connectivity index (χ4n) is 1.92. The highest BCUT2D eigenvalue weighted by atomic mass is 16.2. The molecule has 2 aromatic rings. The van der Waals surface area contributed by atoms with Crippen molar-refractivity contribution in [2.24, 2.45) is 5.10 Å². The van der Waals surface area contributed by atoms with Gasteiger partial charge in [0.1, 0.15) is 0 Å². The van der Waals surface area contributed by atoms with Crippen LogP contribution in [0.25, 0.3) is 0 Å². The predicted molar refractivity (Wildman–Crippen MR) is 77.2 cm³/mol. The number of hydrogen-bond donors (Lipinski definition) is 0. The largest absolute Gasteiger partial charge is 0.365 e. The van der Waals surface area contributed by atoms with Gasteiger partial charge in [-0.15, -0.1) is 10.5 Å². The van der Waals surface area contributed by atoms with E-state index in [9.17, 15) is 4.79 Å². The van der Waals surface area contributed by atoms with Crippen molar-refractivity contribution >= 4 is 17.6 Å². The van der Waals surface area contributed by atoms with Gasteiger partial charge in [-0.3, -0.25) is 0 Å². The maximum absolute atomic E-state index is 12.2. The number of urea groups is 1. The Hall–Kier alpha value is -2.82. The molecule has 2 aromatic carbocycles. The summed E-state index contributed by atoms with van der Waals surface area (Å²) in [6.07, 6.45) is 0. The Kier molecular flexibility index (Phi) is 3.09. The van der Waals surface area contributed by atoms with E-state index in [2.05, 4.69) is 10.5 Å². The highest BCUT2D eigenvalue weighted by Gasteiger charge is 2.28. The predicted octanol–water partition coefficient (Wildman–Crippen LogP) is 2.44. The average Bonchev–Trinajstić information content (AvgIpc) is 2.51. The Balaban J connectivity index is 2.02. The van der Waals surface area contributed by atoms with Gasteiger partial charge in [0.05, 0.1) is 5.69 Å². The summed E-state index contributed by atoms with van der Waals surface area (Å²) >= 11 is 0. The molecule has 0 atom stereocenters. The first-order valence-corrected chi connectivity index (χ1v) is 6.24. The lowest BCUT2D eigenvalue weighted by Crippen LogP contribution is -2.50. The van der Waals surface area contributed by atoms with Gasteiger partial charge in [0, 0.05) is 12.6 Å². The quantitative estimate of drug-likeness (QED) is 0.822. The molecule has 0 unspecified atom stereocenters. The first-order chi connectivity index (χ1) is 9.75. The number of para-hydroxylation sites is 1. The first-order valence-electron chi connectivity index (χ1n) is 6.24. The van der Waals surface area contributed by atoms with Gasteiger partial charge in [-0.2, -0.15) is 5.01 Å². The van der Waals surface area contributed by atoms with E-state index in [1.807, 2.05) is 60.7 Å². The number of benzene rings is 2. The molecule has 0 fully saturated rings. The van der Waals surface area contributed by atoms with Gasteiger partial charge >= 0.3 is 6.03 Å². The van der Waals surface area contributed by atoms with Crippen molar-refractivity contribution in [3.05, 3.63) is 66.2 Å². The van der Waals surface area contributed by atoms with Crippen LogP contribution in [0.3, 0.4) is 0 Å². The smallest absolute Gasteiger partial charge is 0.244 e. The SMILES string of the molecule is CN1[N]C(c2ccccc2)=NN(c2ccccc2)C1=O. The van der Waals surface area contributed by atoms with Crippen molar-refractivity contribution in [2.45, 2.75) is 0 Å². The van der Waals surface area contributed by atoms with Crippen LogP contribution in [0.2, 0.25) is 0 Å². The molecule has 0 saturated carbocycles. The molecule has 0 bridgehead atoms. The number of hydrogen-bond acceptors (Lipinski definition) is 2. The third kappa shape index (κ3) is 2.21. The van der Waals surface area contributed by atoms with Crippen LogP contribution in [0.4, 0.5) is 10.5 Å². The van der Waals surface area contributed by atoms with Crippen molar-refractivity contribution < 1.29 is 4.79 Å². The molecule has 1 aliphatic rings.